The number of anilines is 1. The van der Waals surface area contributed by atoms with E-state index in [1.165, 1.54) is 0 Å². The summed E-state index contributed by atoms with van der Waals surface area (Å²) in [5.74, 6) is 1.41. The van der Waals surface area contributed by atoms with Crippen LogP contribution in [0.15, 0.2) is 10.7 Å². The van der Waals surface area contributed by atoms with Gasteiger partial charge in [0.2, 0.25) is 5.91 Å². The SMILES string of the molecule is CCc1nc(Br)cc(N(C)CC(=O)NCCOC)n1. The second-order valence-corrected chi connectivity index (χ2v) is 4.83. The van der Waals surface area contributed by atoms with E-state index in [0.717, 1.165) is 22.7 Å². The minimum Gasteiger partial charge on any atom is -0.383 e. The fraction of sp³-hybridized carbons (Fsp3) is 0.583. The topological polar surface area (TPSA) is 67.4 Å². The lowest BCUT2D eigenvalue weighted by molar-refractivity contribution is -0.119. The molecule has 6 nitrogen and oxygen atoms in total. The van der Waals surface area contributed by atoms with E-state index in [9.17, 15) is 4.79 Å². The summed E-state index contributed by atoms with van der Waals surface area (Å²) in [6, 6.07) is 1.79. The molecule has 0 fully saturated rings. The molecule has 0 aromatic carbocycles. The molecule has 1 N–H and O–H groups in total. The fourth-order valence-corrected chi connectivity index (χ4v) is 1.86. The molecule has 0 saturated heterocycles. The standard InChI is InChI=1S/C12H19BrN4O2/c1-4-10-15-9(13)7-11(16-10)17(2)8-12(18)14-5-6-19-3/h7H,4-6,8H2,1-3H3,(H,14,18). The number of halogens is 1. The molecule has 0 aliphatic rings. The van der Waals surface area contributed by atoms with Gasteiger partial charge in [-0.1, -0.05) is 6.92 Å². The van der Waals surface area contributed by atoms with Gasteiger partial charge in [-0.15, -0.1) is 0 Å². The Labute approximate surface area is 121 Å². The van der Waals surface area contributed by atoms with Crippen molar-refractivity contribution in [1.82, 2.24) is 15.3 Å². The molecule has 0 aliphatic carbocycles. The predicted octanol–water partition coefficient (Wildman–Crippen LogP) is 1.00. The molecule has 0 saturated carbocycles. The maximum atomic E-state index is 11.7. The van der Waals surface area contributed by atoms with Crippen LogP contribution in [0, 0.1) is 0 Å². The Morgan fingerprint density at radius 3 is 2.89 bits per heavy atom. The second kappa shape index (κ2) is 8.06. The Kier molecular flexibility index (Phi) is 6.72. The first-order chi connectivity index (χ1) is 9.06. The monoisotopic (exact) mass is 330 g/mol. The number of carbonyl (C=O) groups is 1. The van der Waals surface area contributed by atoms with Gasteiger partial charge in [0, 0.05) is 33.2 Å². The van der Waals surface area contributed by atoms with Crippen LogP contribution in [-0.4, -0.2) is 49.7 Å². The number of rotatable bonds is 7. The lowest BCUT2D eigenvalue weighted by atomic mass is 10.4. The molecule has 1 rings (SSSR count). The third-order valence-corrected chi connectivity index (χ3v) is 2.85. The van der Waals surface area contributed by atoms with E-state index in [1.54, 1.807) is 18.1 Å². The van der Waals surface area contributed by atoms with Gasteiger partial charge in [-0.25, -0.2) is 9.97 Å². The van der Waals surface area contributed by atoms with E-state index in [0.29, 0.717) is 13.2 Å². The largest absolute Gasteiger partial charge is 0.383 e. The van der Waals surface area contributed by atoms with E-state index < -0.39 is 0 Å². The highest BCUT2D eigenvalue weighted by atomic mass is 79.9. The molecule has 0 radical (unpaired) electrons. The van der Waals surface area contributed by atoms with Crippen molar-refractivity contribution >= 4 is 27.7 Å². The van der Waals surface area contributed by atoms with Crippen LogP contribution in [0.25, 0.3) is 0 Å². The zero-order valence-electron chi connectivity index (χ0n) is 11.4. The van der Waals surface area contributed by atoms with Gasteiger partial charge in [-0.3, -0.25) is 4.79 Å². The highest BCUT2D eigenvalue weighted by Crippen LogP contribution is 2.15. The predicted molar refractivity (Wildman–Crippen MR) is 77.3 cm³/mol. The number of ether oxygens (including phenoxy) is 1. The molecule has 1 heterocycles. The summed E-state index contributed by atoms with van der Waals surface area (Å²) in [6.07, 6.45) is 0.750. The molecule has 1 amide bonds. The Morgan fingerprint density at radius 1 is 1.53 bits per heavy atom. The first kappa shape index (κ1) is 15.8. The maximum absolute atomic E-state index is 11.7. The van der Waals surface area contributed by atoms with Crippen LogP contribution < -0.4 is 10.2 Å². The normalized spacial score (nSPS) is 10.3. The average molecular weight is 331 g/mol. The Bertz CT molecular complexity index is 428. The smallest absolute Gasteiger partial charge is 0.239 e. The maximum Gasteiger partial charge on any atom is 0.239 e. The summed E-state index contributed by atoms with van der Waals surface area (Å²) in [6.45, 7) is 3.25. The number of aryl methyl sites for hydroxylation is 1. The quantitative estimate of drug-likeness (QED) is 0.596. The number of amides is 1. The third-order valence-electron chi connectivity index (χ3n) is 2.44. The van der Waals surface area contributed by atoms with Gasteiger partial charge in [0.05, 0.1) is 13.2 Å². The van der Waals surface area contributed by atoms with E-state index in [4.69, 9.17) is 4.74 Å². The zero-order valence-corrected chi connectivity index (χ0v) is 13.0. The number of nitrogens with zero attached hydrogens (tertiary/aromatic N) is 3. The van der Waals surface area contributed by atoms with Gasteiger partial charge in [0.1, 0.15) is 16.2 Å². The molecule has 1 aromatic rings. The highest BCUT2D eigenvalue weighted by molar-refractivity contribution is 9.10. The summed E-state index contributed by atoms with van der Waals surface area (Å²) < 4.78 is 5.60. The summed E-state index contributed by atoms with van der Waals surface area (Å²) >= 11 is 3.34. The lowest BCUT2D eigenvalue weighted by Crippen LogP contribution is -2.37. The number of likely N-dealkylation sites (N-methyl/N-ethyl adjacent to an activating group) is 1. The average Bonchev–Trinajstić information content (AvgIpc) is 2.38. The van der Waals surface area contributed by atoms with E-state index in [2.05, 4.69) is 31.2 Å². The molecule has 0 bridgehead atoms. The summed E-state index contributed by atoms with van der Waals surface area (Å²) in [5, 5.41) is 2.77. The molecular weight excluding hydrogens is 312 g/mol. The molecule has 106 valence electrons. The molecular formula is C12H19BrN4O2. The summed E-state index contributed by atoms with van der Waals surface area (Å²) in [7, 11) is 3.42. The molecule has 7 heteroatoms. The van der Waals surface area contributed by atoms with Crippen LogP contribution in [0.4, 0.5) is 5.82 Å². The van der Waals surface area contributed by atoms with Crippen LogP contribution in [0.5, 0.6) is 0 Å². The highest BCUT2D eigenvalue weighted by Gasteiger charge is 2.10. The van der Waals surface area contributed by atoms with Gasteiger partial charge >= 0.3 is 0 Å². The molecule has 0 atom stereocenters. The van der Waals surface area contributed by atoms with Crippen molar-refractivity contribution in [2.24, 2.45) is 0 Å². The van der Waals surface area contributed by atoms with Gasteiger partial charge in [-0.2, -0.15) is 0 Å². The summed E-state index contributed by atoms with van der Waals surface area (Å²) in [5.41, 5.74) is 0. The van der Waals surface area contributed by atoms with E-state index >= 15 is 0 Å². The van der Waals surface area contributed by atoms with Crippen molar-refractivity contribution < 1.29 is 9.53 Å². The molecule has 19 heavy (non-hydrogen) atoms. The van der Waals surface area contributed by atoms with Crippen LogP contribution in [0.2, 0.25) is 0 Å². The first-order valence-corrected chi connectivity index (χ1v) is 6.86. The van der Waals surface area contributed by atoms with Gasteiger partial charge in [0.25, 0.3) is 0 Å². The Hall–Kier alpha value is -1.21. The van der Waals surface area contributed by atoms with Crippen LogP contribution in [0.1, 0.15) is 12.7 Å². The second-order valence-electron chi connectivity index (χ2n) is 4.02. The lowest BCUT2D eigenvalue weighted by Gasteiger charge is -2.18. The van der Waals surface area contributed by atoms with Crippen molar-refractivity contribution in [2.45, 2.75) is 13.3 Å². The number of hydrogen-bond donors (Lipinski definition) is 1. The molecule has 0 spiro atoms. The minimum absolute atomic E-state index is 0.0627. The number of aromatic nitrogens is 2. The number of carbonyl (C=O) groups excluding carboxylic acids is 1. The van der Waals surface area contributed by atoms with Crippen molar-refractivity contribution in [2.75, 3.05) is 38.8 Å². The van der Waals surface area contributed by atoms with E-state index in [-0.39, 0.29) is 12.5 Å². The number of methoxy groups -OCH3 is 1. The number of hydrogen-bond acceptors (Lipinski definition) is 5. The summed E-state index contributed by atoms with van der Waals surface area (Å²) in [4.78, 5) is 22.1. The van der Waals surface area contributed by atoms with Crippen molar-refractivity contribution in [3.63, 3.8) is 0 Å². The minimum atomic E-state index is -0.0627. The Morgan fingerprint density at radius 2 is 2.26 bits per heavy atom. The van der Waals surface area contributed by atoms with Crippen LogP contribution >= 0.6 is 15.9 Å². The van der Waals surface area contributed by atoms with Crippen molar-refractivity contribution in [1.29, 1.82) is 0 Å². The van der Waals surface area contributed by atoms with Gasteiger partial charge < -0.3 is 15.0 Å². The fourth-order valence-electron chi connectivity index (χ4n) is 1.45. The third kappa shape index (κ3) is 5.52. The first-order valence-electron chi connectivity index (χ1n) is 6.07. The van der Waals surface area contributed by atoms with Crippen molar-refractivity contribution in [3.05, 3.63) is 16.5 Å². The van der Waals surface area contributed by atoms with E-state index in [1.807, 2.05) is 14.0 Å². The van der Waals surface area contributed by atoms with Gasteiger partial charge in [-0.05, 0) is 15.9 Å². The van der Waals surface area contributed by atoms with Crippen LogP contribution in [-0.2, 0) is 16.0 Å². The molecule has 1 aromatic heterocycles. The van der Waals surface area contributed by atoms with Gasteiger partial charge in [0.15, 0.2) is 0 Å². The molecule has 0 aliphatic heterocycles. The van der Waals surface area contributed by atoms with Crippen molar-refractivity contribution in [3.8, 4) is 0 Å². The Balaban J connectivity index is 2.59. The van der Waals surface area contributed by atoms with Crippen LogP contribution in [0.3, 0.4) is 0 Å². The number of nitrogens with one attached hydrogen (secondary N) is 1. The molecule has 0 unspecified atom stereocenters. The zero-order chi connectivity index (χ0) is 14.3.